The quantitative estimate of drug-likeness (QED) is 0.391. The average molecular weight is 405 g/mol. The lowest BCUT2D eigenvalue weighted by molar-refractivity contribution is -0.126. The Morgan fingerprint density at radius 3 is 2.56 bits per heavy atom. The molecule has 4 fully saturated rings. The molecular formula is C24H36OS2. The standard InChI is InChI=1S/C24H36OS2/c1-5-16-14-17-15-24(12-13-26-27-24)11-10-21(17,2)18-6-8-22(3)19(20(16)18)7-9-23(22,4)25/h5,15-16,18-20,25H,1,6-14H2,2-4H3/t16-,18+,19+,20-,21+,22+,23+,24?/m1/s1. The van der Waals surface area contributed by atoms with Gasteiger partial charge < -0.3 is 5.11 Å². The molecule has 1 heterocycles. The number of rotatable bonds is 1. The fourth-order valence-electron chi connectivity index (χ4n) is 7.99. The third-order valence-electron chi connectivity index (χ3n) is 10.0. The molecule has 4 aliphatic carbocycles. The largest absolute Gasteiger partial charge is 0.390 e. The van der Waals surface area contributed by atoms with Crippen LogP contribution in [0, 0.1) is 34.5 Å². The van der Waals surface area contributed by atoms with Gasteiger partial charge in [0.15, 0.2) is 0 Å². The van der Waals surface area contributed by atoms with Crippen molar-refractivity contribution in [2.24, 2.45) is 34.5 Å². The summed E-state index contributed by atoms with van der Waals surface area (Å²) in [5.74, 6) is 4.08. The molecular weight excluding hydrogens is 368 g/mol. The van der Waals surface area contributed by atoms with Crippen molar-refractivity contribution in [1.29, 1.82) is 0 Å². The molecule has 27 heavy (non-hydrogen) atoms. The molecule has 1 N–H and O–H groups in total. The van der Waals surface area contributed by atoms with Gasteiger partial charge in [0.1, 0.15) is 0 Å². The molecule has 1 spiro atoms. The van der Waals surface area contributed by atoms with Gasteiger partial charge in [-0.25, -0.2) is 0 Å². The molecule has 0 bridgehead atoms. The lowest BCUT2D eigenvalue weighted by Gasteiger charge is -2.61. The number of hydrogen-bond donors (Lipinski definition) is 1. The summed E-state index contributed by atoms with van der Waals surface area (Å²) in [6.45, 7) is 11.4. The van der Waals surface area contributed by atoms with Crippen LogP contribution in [-0.4, -0.2) is 21.2 Å². The first-order chi connectivity index (χ1) is 12.7. The first kappa shape index (κ1) is 19.1. The van der Waals surface area contributed by atoms with Crippen molar-refractivity contribution in [2.45, 2.75) is 82.5 Å². The summed E-state index contributed by atoms with van der Waals surface area (Å²) < 4.78 is 0.429. The molecule has 1 nitrogen and oxygen atoms in total. The summed E-state index contributed by atoms with van der Waals surface area (Å²) in [5.41, 5.74) is 1.77. The summed E-state index contributed by atoms with van der Waals surface area (Å²) in [4.78, 5) is 0. The Balaban J connectivity index is 1.54. The van der Waals surface area contributed by atoms with Crippen LogP contribution >= 0.6 is 21.6 Å². The van der Waals surface area contributed by atoms with Gasteiger partial charge in [-0.2, -0.15) is 0 Å². The van der Waals surface area contributed by atoms with E-state index in [1.54, 1.807) is 5.57 Å². The van der Waals surface area contributed by atoms with E-state index in [4.69, 9.17) is 0 Å². The van der Waals surface area contributed by atoms with E-state index in [0.29, 0.717) is 22.0 Å². The molecule has 0 aromatic heterocycles. The van der Waals surface area contributed by atoms with E-state index in [2.05, 4.69) is 61.1 Å². The molecule has 1 unspecified atom stereocenters. The van der Waals surface area contributed by atoms with E-state index in [1.807, 2.05) is 0 Å². The van der Waals surface area contributed by atoms with Gasteiger partial charge in [0.25, 0.3) is 0 Å². The van der Waals surface area contributed by atoms with Crippen LogP contribution < -0.4 is 0 Å². The SMILES string of the molecule is C=C[C@@H]1CC2=CC3(CCSS3)CC[C@]2(C)[C@H]2CC[C@@]3(C)[C@@H](CC[C@]3(C)O)[C@H]12. The van der Waals surface area contributed by atoms with Crippen LogP contribution in [0.4, 0.5) is 0 Å². The van der Waals surface area contributed by atoms with E-state index < -0.39 is 5.60 Å². The first-order valence-corrected chi connectivity index (χ1v) is 13.4. The van der Waals surface area contributed by atoms with Gasteiger partial charge in [-0.1, -0.05) is 53.2 Å². The van der Waals surface area contributed by atoms with Crippen LogP contribution in [0.3, 0.4) is 0 Å². The third kappa shape index (κ3) is 2.49. The maximum atomic E-state index is 11.2. The molecule has 0 radical (unpaired) electrons. The van der Waals surface area contributed by atoms with E-state index in [9.17, 15) is 5.11 Å². The number of hydrogen-bond acceptors (Lipinski definition) is 3. The Morgan fingerprint density at radius 1 is 1.07 bits per heavy atom. The van der Waals surface area contributed by atoms with Crippen molar-refractivity contribution >= 4 is 21.6 Å². The third-order valence-corrected chi connectivity index (χ3v) is 13.2. The zero-order valence-corrected chi connectivity index (χ0v) is 18.9. The second-order valence-corrected chi connectivity index (χ2v) is 13.8. The lowest BCUT2D eigenvalue weighted by atomic mass is 9.44. The van der Waals surface area contributed by atoms with E-state index >= 15 is 0 Å². The lowest BCUT2D eigenvalue weighted by Crippen LogP contribution is -2.56. The van der Waals surface area contributed by atoms with Crippen molar-refractivity contribution in [1.82, 2.24) is 0 Å². The van der Waals surface area contributed by atoms with Gasteiger partial charge in [0.05, 0.1) is 5.60 Å². The molecule has 5 aliphatic rings. The monoisotopic (exact) mass is 404 g/mol. The molecule has 8 atom stereocenters. The van der Waals surface area contributed by atoms with Gasteiger partial charge in [-0.05, 0) is 92.8 Å². The molecule has 1 saturated heterocycles. The fourth-order valence-corrected chi connectivity index (χ4v) is 11.3. The zero-order chi connectivity index (χ0) is 19.1. The Labute approximate surface area is 173 Å². The second-order valence-electron chi connectivity index (χ2n) is 11.0. The van der Waals surface area contributed by atoms with Crippen LogP contribution in [0.5, 0.6) is 0 Å². The van der Waals surface area contributed by atoms with Gasteiger partial charge in [-0.15, -0.1) is 6.58 Å². The number of allylic oxidation sites excluding steroid dienone is 2. The van der Waals surface area contributed by atoms with Crippen LogP contribution in [0.15, 0.2) is 24.3 Å². The summed E-state index contributed by atoms with van der Waals surface area (Å²) in [5, 5.41) is 11.2. The summed E-state index contributed by atoms with van der Waals surface area (Å²) in [6, 6.07) is 0. The Kier molecular flexibility index (Phi) is 4.30. The highest BCUT2D eigenvalue weighted by Gasteiger charge is 2.64. The van der Waals surface area contributed by atoms with Crippen molar-refractivity contribution in [3.63, 3.8) is 0 Å². The van der Waals surface area contributed by atoms with Crippen molar-refractivity contribution < 1.29 is 5.11 Å². The zero-order valence-electron chi connectivity index (χ0n) is 17.3. The molecule has 5 rings (SSSR count). The number of fused-ring (bicyclic) bond motifs is 5. The van der Waals surface area contributed by atoms with Crippen LogP contribution in [0.1, 0.15) is 72.1 Å². The number of aliphatic hydroxyl groups is 1. The van der Waals surface area contributed by atoms with Gasteiger partial charge >= 0.3 is 0 Å². The molecule has 3 heteroatoms. The maximum absolute atomic E-state index is 11.2. The van der Waals surface area contributed by atoms with Crippen LogP contribution in [0.2, 0.25) is 0 Å². The normalized spacial score (nSPS) is 57.0. The van der Waals surface area contributed by atoms with E-state index in [1.165, 1.54) is 50.7 Å². The second kappa shape index (κ2) is 6.08. The molecule has 3 saturated carbocycles. The highest BCUT2D eigenvalue weighted by Crippen LogP contribution is 2.70. The Bertz CT molecular complexity index is 676. The average Bonchev–Trinajstić information content (AvgIpc) is 3.18. The Morgan fingerprint density at radius 2 is 1.85 bits per heavy atom. The highest BCUT2D eigenvalue weighted by molar-refractivity contribution is 8.77. The van der Waals surface area contributed by atoms with Crippen molar-refractivity contribution in [3.8, 4) is 0 Å². The smallest absolute Gasteiger partial charge is 0.0675 e. The minimum absolute atomic E-state index is 0.0981. The van der Waals surface area contributed by atoms with E-state index in [0.717, 1.165) is 18.3 Å². The van der Waals surface area contributed by atoms with Gasteiger partial charge in [-0.3, -0.25) is 0 Å². The van der Waals surface area contributed by atoms with Crippen molar-refractivity contribution in [3.05, 3.63) is 24.3 Å². The predicted octanol–water partition coefficient (Wildman–Crippen LogP) is 6.64. The molecule has 150 valence electrons. The van der Waals surface area contributed by atoms with Gasteiger partial charge in [0, 0.05) is 10.5 Å². The Hall–Kier alpha value is 0.140. The highest BCUT2D eigenvalue weighted by atomic mass is 33.1. The first-order valence-electron chi connectivity index (χ1n) is 11.1. The maximum Gasteiger partial charge on any atom is 0.0675 e. The molecule has 0 amide bonds. The van der Waals surface area contributed by atoms with Crippen LogP contribution in [0.25, 0.3) is 0 Å². The predicted molar refractivity (Wildman–Crippen MR) is 119 cm³/mol. The summed E-state index contributed by atoms with van der Waals surface area (Å²) in [6.07, 6.45) is 15.0. The van der Waals surface area contributed by atoms with Crippen molar-refractivity contribution in [2.75, 3.05) is 5.75 Å². The molecule has 0 aromatic rings. The minimum Gasteiger partial charge on any atom is -0.390 e. The van der Waals surface area contributed by atoms with Gasteiger partial charge in [0.2, 0.25) is 0 Å². The topological polar surface area (TPSA) is 20.2 Å². The fraction of sp³-hybridized carbons (Fsp3) is 0.833. The van der Waals surface area contributed by atoms with E-state index in [-0.39, 0.29) is 5.41 Å². The summed E-state index contributed by atoms with van der Waals surface area (Å²) >= 11 is 0. The van der Waals surface area contributed by atoms with Crippen LogP contribution in [-0.2, 0) is 0 Å². The molecule has 0 aromatic carbocycles. The summed E-state index contributed by atoms with van der Waals surface area (Å²) in [7, 11) is 4.24. The molecule has 1 aliphatic heterocycles. The minimum atomic E-state index is -0.486.